The molecular formula is C14H9BrN4. The summed E-state index contributed by atoms with van der Waals surface area (Å²) >= 11 is 3.48. The lowest BCUT2D eigenvalue weighted by atomic mass is 10.2. The second-order valence-electron chi connectivity index (χ2n) is 4.19. The number of imidazole rings is 1. The van der Waals surface area contributed by atoms with E-state index in [2.05, 4.69) is 32.0 Å². The van der Waals surface area contributed by atoms with E-state index in [4.69, 9.17) is 0 Å². The Morgan fingerprint density at radius 3 is 2.89 bits per heavy atom. The molecule has 0 amide bonds. The van der Waals surface area contributed by atoms with Crippen molar-refractivity contribution < 1.29 is 0 Å². The van der Waals surface area contributed by atoms with Crippen LogP contribution in [-0.2, 0) is 0 Å². The highest BCUT2D eigenvalue weighted by Crippen LogP contribution is 2.26. The molecule has 0 spiro atoms. The Bertz CT molecular complexity index is 800. The predicted molar refractivity (Wildman–Crippen MR) is 75.6 cm³/mol. The van der Waals surface area contributed by atoms with Crippen LogP contribution in [0.2, 0.25) is 0 Å². The van der Waals surface area contributed by atoms with Gasteiger partial charge in [-0.25, -0.2) is 4.98 Å². The lowest BCUT2D eigenvalue weighted by Crippen LogP contribution is -1.91. The molecule has 0 aliphatic carbocycles. The van der Waals surface area contributed by atoms with Gasteiger partial charge in [0.15, 0.2) is 11.3 Å². The number of fused-ring (bicyclic) bond motifs is 1. The van der Waals surface area contributed by atoms with E-state index in [1.807, 2.05) is 37.4 Å². The van der Waals surface area contributed by atoms with Gasteiger partial charge in [0.25, 0.3) is 0 Å². The van der Waals surface area contributed by atoms with E-state index >= 15 is 0 Å². The third-order valence-corrected chi connectivity index (χ3v) is 3.41. The highest BCUT2D eigenvalue weighted by Gasteiger charge is 2.16. The van der Waals surface area contributed by atoms with E-state index in [0.29, 0.717) is 17.1 Å². The maximum absolute atomic E-state index is 9.39. The van der Waals surface area contributed by atoms with Crippen LogP contribution in [0.1, 0.15) is 11.3 Å². The third-order valence-electron chi connectivity index (χ3n) is 2.83. The largest absolute Gasteiger partial charge is 0.289 e. The first-order chi connectivity index (χ1) is 9.20. The summed E-state index contributed by atoms with van der Waals surface area (Å²) in [4.78, 5) is 8.79. The van der Waals surface area contributed by atoms with E-state index in [9.17, 15) is 5.26 Å². The van der Waals surface area contributed by atoms with Crippen molar-refractivity contribution in [1.29, 1.82) is 5.26 Å². The van der Waals surface area contributed by atoms with E-state index < -0.39 is 0 Å². The molecule has 0 atom stereocenters. The summed E-state index contributed by atoms with van der Waals surface area (Å²) in [6.07, 6.45) is 3.60. The van der Waals surface area contributed by atoms with Crippen molar-refractivity contribution >= 4 is 21.6 Å². The maximum atomic E-state index is 9.39. The van der Waals surface area contributed by atoms with Crippen LogP contribution in [0.5, 0.6) is 0 Å². The number of pyridine rings is 2. The molecule has 92 valence electrons. The quantitative estimate of drug-likeness (QED) is 0.692. The monoisotopic (exact) mass is 312 g/mol. The number of rotatable bonds is 1. The number of hydrogen-bond acceptors (Lipinski definition) is 3. The van der Waals surface area contributed by atoms with Gasteiger partial charge in [-0.1, -0.05) is 6.07 Å². The molecule has 3 heterocycles. The molecule has 0 aliphatic heterocycles. The summed E-state index contributed by atoms with van der Waals surface area (Å²) in [5.41, 5.74) is 3.59. The average molecular weight is 313 g/mol. The Hall–Kier alpha value is -2.19. The number of nitriles is 1. The molecule has 0 fully saturated rings. The second kappa shape index (κ2) is 4.48. The fourth-order valence-corrected chi connectivity index (χ4v) is 2.66. The van der Waals surface area contributed by atoms with Gasteiger partial charge in [0.05, 0.1) is 10.2 Å². The molecule has 0 aromatic carbocycles. The van der Waals surface area contributed by atoms with Crippen molar-refractivity contribution in [2.75, 3.05) is 0 Å². The van der Waals surface area contributed by atoms with Gasteiger partial charge in [0.1, 0.15) is 11.8 Å². The van der Waals surface area contributed by atoms with Crippen LogP contribution in [0.4, 0.5) is 0 Å². The molecular weight excluding hydrogens is 304 g/mol. The van der Waals surface area contributed by atoms with Gasteiger partial charge in [0, 0.05) is 12.4 Å². The molecule has 0 bridgehead atoms. The molecule has 19 heavy (non-hydrogen) atoms. The first-order valence-electron chi connectivity index (χ1n) is 5.70. The highest BCUT2D eigenvalue weighted by atomic mass is 79.9. The van der Waals surface area contributed by atoms with Crippen molar-refractivity contribution in [3.8, 4) is 17.5 Å². The summed E-state index contributed by atoms with van der Waals surface area (Å²) in [7, 11) is 0. The van der Waals surface area contributed by atoms with Crippen molar-refractivity contribution in [3.05, 3.63) is 52.4 Å². The average Bonchev–Trinajstić information content (AvgIpc) is 2.78. The molecule has 0 radical (unpaired) electrons. The molecule has 0 saturated heterocycles. The third kappa shape index (κ3) is 1.90. The highest BCUT2D eigenvalue weighted by molar-refractivity contribution is 9.10. The van der Waals surface area contributed by atoms with Gasteiger partial charge < -0.3 is 0 Å². The molecule has 4 nitrogen and oxygen atoms in total. The first kappa shape index (κ1) is 11.9. The van der Waals surface area contributed by atoms with Crippen LogP contribution in [0.15, 0.2) is 41.1 Å². The molecule has 0 N–H and O–H groups in total. The minimum Gasteiger partial charge on any atom is -0.289 e. The lowest BCUT2D eigenvalue weighted by molar-refractivity contribution is 1.12. The van der Waals surface area contributed by atoms with Gasteiger partial charge in [-0.15, -0.1) is 0 Å². The molecule has 0 unspecified atom stereocenters. The first-order valence-corrected chi connectivity index (χ1v) is 6.49. The van der Waals surface area contributed by atoms with Crippen molar-refractivity contribution in [2.45, 2.75) is 6.92 Å². The maximum Gasteiger partial charge on any atom is 0.154 e. The summed E-state index contributed by atoms with van der Waals surface area (Å²) in [6, 6.07) is 9.76. The van der Waals surface area contributed by atoms with Gasteiger partial charge in [-0.3, -0.25) is 9.38 Å². The zero-order valence-electron chi connectivity index (χ0n) is 10.1. The zero-order chi connectivity index (χ0) is 13.4. The predicted octanol–water partition coefficient (Wildman–Crippen LogP) is 3.34. The van der Waals surface area contributed by atoms with Crippen molar-refractivity contribution in [2.24, 2.45) is 0 Å². The van der Waals surface area contributed by atoms with Crippen molar-refractivity contribution in [3.63, 3.8) is 0 Å². The van der Waals surface area contributed by atoms with Crippen LogP contribution in [0.25, 0.3) is 17.0 Å². The smallest absolute Gasteiger partial charge is 0.154 e. The minimum atomic E-state index is 0.498. The lowest BCUT2D eigenvalue weighted by Gasteiger charge is -1.99. The fourth-order valence-electron chi connectivity index (χ4n) is 2.02. The van der Waals surface area contributed by atoms with Gasteiger partial charge in [-0.05, 0) is 46.6 Å². The molecule has 3 aromatic heterocycles. The Morgan fingerprint density at radius 1 is 1.37 bits per heavy atom. The Morgan fingerprint density at radius 2 is 2.21 bits per heavy atom. The van der Waals surface area contributed by atoms with Gasteiger partial charge in [0.2, 0.25) is 0 Å². The number of aromatic nitrogens is 3. The van der Waals surface area contributed by atoms with Gasteiger partial charge in [-0.2, -0.15) is 5.26 Å². The SMILES string of the molecule is Cc1cc(Br)c2nc(-c3ccccn3)c(C#N)n2c1. The van der Waals surface area contributed by atoms with Crippen LogP contribution in [0.3, 0.4) is 0 Å². The number of hydrogen-bond donors (Lipinski definition) is 0. The standard InChI is InChI=1S/C14H9BrN4/c1-9-6-10(15)14-18-13(11-4-2-3-5-17-11)12(7-16)19(14)8-9/h2-6,8H,1H3. The Balaban J connectivity index is 2.39. The normalized spacial score (nSPS) is 10.6. The number of halogens is 1. The van der Waals surface area contributed by atoms with Crippen molar-refractivity contribution in [1.82, 2.24) is 14.4 Å². The van der Waals surface area contributed by atoms with E-state index in [1.165, 1.54) is 0 Å². The molecule has 3 aromatic rings. The van der Waals surface area contributed by atoms with E-state index in [0.717, 1.165) is 15.7 Å². The van der Waals surface area contributed by atoms with Crippen LogP contribution >= 0.6 is 15.9 Å². The molecule has 0 aliphatic rings. The van der Waals surface area contributed by atoms with Crippen LogP contribution < -0.4 is 0 Å². The molecule has 0 saturated carbocycles. The minimum absolute atomic E-state index is 0.498. The summed E-state index contributed by atoms with van der Waals surface area (Å²) < 4.78 is 2.66. The molecule has 5 heteroatoms. The Labute approximate surface area is 118 Å². The van der Waals surface area contributed by atoms with Crippen LogP contribution in [0, 0.1) is 18.3 Å². The second-order valence-corrected chi connectivity index (χ2v) is 5.05. The Kier molecular flexibility index (Phi) is 2.80. The summed E-state index contributed by atoms with van der Waals surface area (Å²) in [5.74, 6) is 0. The van der Waals surface area contributed by atoms with Gasteiger partial charge >= 0.3 is 0 Å². The molecule has 3 rings (SSSR count). The summed E-state index contributed by atoms with van der Waals surface area (Å²) in [5, 5.41) is 9.39. The number of nitrogens with zero attached hydrogens (tertiary/aromatic N) is 4. The van der Waals surface area contributed by atoms with E-state index in [-0.39, 0.29) is 0 Å². The number of aryl methyl sites for hydroxylation is 1. The van der Waals surface area contributed by atoms with E-state index in [1.54, 1.807) is 10.6 Å². The summed E-state index contributed by atoms with van der Waals surface area (Å²) in [6.45, 7) is 1.98. The topological polar surface area (TPSA) is 54.0 Å². The fraction of sp³-hybridized carbons (Fsp3) is 0.0714. The zero-order valence-corrected chi connectivity index (χ0v) is 11.7. The van der Waals surface area contributed by atoms with Crippen LogP contribution in [-0.4, -0.2) is 14.4 Å².